The van der Waals surface area contributed by atoms with Crippen LogP contribution < -0.4 is 21.7 Å². The van der Waals surface area contributed by atoms with E-state index in [1.54, 1.807) is 6.92 Å². The maximum Gasteiger partial charge on any atom is 0.326 e. The number of carbonyl (C=O) groups is 4. The Hall–Kier alpha value is -2.16. The molecular formula is C15H28N4O5. The van der Waals surface area contributed by atoms with Crippen LogP contribution in [0.4, 0.5) is 0 Å². The molecule has 0 aliphatic rings. The number of rotatable bonds is 9. The summed E-state index contributed by atoms with van der Waals surface area (Å²) in [6.07, 6.45) is 0.582. The number of carboxylic acids is 1. The lowest BCUT2D eigenvalue weighted by molar-refractivity contribution is -0.143. The van der Waals surface area contributed by atoms with Gasteiger partial charge in [-0.2, -0.15) is 0 Å². The van der Waals surface area contributed by atoms with E-state index >= 15 is 0 Å². The van der Waals surface area contributed by atoms with Crippen LogP contribution >= 0.6 is 0 Å². The number of amides is 3. The summed E-state index contributed by atoms with van der Waals surface area (Å²) >= 11 is 0. The molecule has 0 aliphatic carbocycles. The van der Waals surface area contributed by atoms with E-state index in [-0.39, 0.29) is 5.92 Å². The average molecular weight is 344 g/mol. The maximum atomic E-state index is 12.1. The Bertz CT molecular complexity index is 480. The lowest BCUT2D eigenvalue weighted by Crippen LogP contribution is -2.56. The molecule has 0 rings (SSSR count). The van der Waals surface area contributed by atoms with Gasteiger partial charge < -0.3 is 26.8 Å². The highest BCUT2D eigenvalue weighted by molar-refractivity contribution is 5.93. The van der Waals surface area contributed by atoms with Crippen molar-refractivity contribution >= 4 is 23.7 Å². The minimum atomic E-state index is -1.13. The van der Waals surface area contributed by atoms with E-state index in [4.69, 9.17) is 10.8 Å². The predicted octanol–water partition coefficient (Wildman–Crippen LogP) is -1.04. The summed E-state index contributed by atoms with van der Waals surface area (Å²) in [7, 11) is 0. The number of hydrogen-bond donors (Lipinski definition) is 5. The third-order valence-electron chi connectivity index (χ3n) is 3.69. The van der Waals surface area contributed by atoms with Gasteiger partial charge >= 0.3 is 5.97 Å². The molecule has 138 valence electrons. The Labute approximate surface area is 141 Å². The molecule has 5 atom stereocenters. The van der Waals surface area contributed by atoms with Gasteiger partial charge in [0.05, 0.1) is 6.04 Å². The first-order valence-electron chi connectivity index (χ1n) is 7.90. The molecule has 0 radical (unpaired) electrons. The van der Waals surface area contributed by atoms with Crippen LogP contribution in [0, 0.1) is 5.92 Å². The van der Waals surface area contributed by atoms with Crippen LogP contribution in [0.3, 0.4) is 0 Å². The monoisotopic (exact) mass is 344 g/mol. The first kappa shape index (κ1) is 21.8. The van der Waals surface area contributed by atoms with Gasteiger partial charge in [-0.3, -0.25) is 14.4 Å². The second-order valence-corrected chi connectivity index (χ2v) is 5.96. The van der Waals surface area contributed by atoms with Gasteiger partial charge in [-0.1, -0.05) is 20.3 Å². The topological polar surface area (TPSA) is 151 Å². The summed E-state index contributed by atoms with van der Waals surface area (Å²) in [4.78, 5) is 46.7. The standard InChI is InChI=1S/C15H28N4O5/c1-6-7(2)11(15(23)24)19-14(22)10(5)18-13(21)9(4)17-12(20)8(3)16/h7-11H,6,16H2,1-5H3,(H,17,20)(H,18,21)(H,19,22)(H,23,24). The first-order valence-corrected chi connectivity index (χ1v) is 7.90. The molecule has 24 heavy (non-hydrogen) atoms. The van der Waals surface area contributed by atoms with E-state index in [0.717, 1.165) is 0 Å². The Kier molecular flexibility index (Phi) is 8.97. The highest BCUT2D eigenvalue weighted by Crippen LogP contribution is 2.08. The average Bonchev–Trinajstić information content (AvgIpc) is 2.50. The highest BCUT2D eigenvalue weighted by atomic mass is 16.4. The Morgan fingerprint density at radius 1 is 0.875 bits per heavy atom. The summed E-state index contributed by atoms with van der Waals surface area (Å²) in [5.74, 6) is -3.05. The molecule has 0 aliphatic heterocycles. The van der Waals surface area contributed by atoms with Gasteiger partial charge in [-0.05, 0) is 26.7 Å². The van der Waals surface area contributed by atoms with E-state index in [1.807, 2.05) is 6.92 Å². The number of carbonyl (C=O) groups excluding carboxylic acids is 3. The number of nitrogens with two attached hydrogens (primary N) is 1. The van der Waals surface area contributed by atoms with Crippen LogP contribution in [0.15, 0.2) is 0 Å². The summed E-state index contributed by atoms with van der Waals surface area (Å²) in [6.45, 7) is 7.91. The SMILES string of the molecule is CCC(C)C(NC(=O)C(C)NC(=O)C(C)NC(=O)C(C)N)C(=O)O. The zero-order valence-electron chi connectivity index (χ0n) is 14.8. The van der Waals surface area contributed by atoms with E-state index < -0.39 is 47.9 Å². The van der Waals surface area contributed by atoms with Crippen molar-refractivity contribution in [3.63, 3.8) is 0 Å². The Balaban J connectivity index is 4.66. The predicted molar refractivity (Wildman–Crippen MR) is 87.9 cm³/mol. The van der Waals surface area contributed by atoms with Gasteiger partial charge in [-0.15, -0.1) is 0 Å². The normalized spacial score (nSPS) is 16.9. The minimum Gasteiger partial charge on any atom is -0.480 e. The van der Waals surface area contributed by atoms with Crippen molar-refractivity contribution in [1.82, 2.24) is 16.0 Å². The zero-order chi connectivity index (χ0) is 19.0. The van der Waals surface area contributed by atoms with Crippen LogP contribution in [0.1, 0.15) is 41.0 Å². The van der Waals surface area contributed by atoms with E-state index in [1.165, 1.54) is 20.8 Å². The summed E-state index contributed by atoms with van der Waals surface area (Å²) in [5, 5.41) is 16.4. The summed E-state index contributed by atoms with van der Waals surface area (Å²) < 4.78 is 0. The molecule has 0 saturated heterocycles. The van der Waals surface area contributed by atoms with Crippen molar-refractivity contribution in [3.8, 4) is 0 Å². The second kappa shape index (κ2) is 9.86. The van der Waals surface area contributed by atoms with Crippen LogP contribution in [0.5, 0.6) is 0 Å². The quantitative estimate of drug-likeness (QED) is 0.360. The van der Waals surface area contributed by atoms with Crippen molar-refractivity contribution < 1.29 is 24.3 Å². The fourth-order valence-electron chi connectivity index (χ4n) is 1.78. The molecule has 0 aromatic rings. The fraction of sp³-hybridized carbons (Fsp3) is 0.733. The number of carboxylic acid groups (broad SMARTS) is 1. The molecule has 3 amide bonds. The van der Waals surface area contributed by atoms with Crippen LogP contribution in [-0.2, 0) is 19.2 Å². The summed E-state index contributed by atoms with van der Waals surface area (Å²) in [6, 6.07) is -3.61. The number of hydrogen-bond acceptors (Lipinski definition) is 5. The molecule has 9 nitrogen and oxygen atoms in total. The third kappa shape index (κ3) is 6.95. The van der Waals surface area contributed by atoms with Crippen molar-refractivity contribution in [3.05, 3.63) is 0 Å². The molecule has 0 heterocycles. The van der Waals surface area contributed by atoms with Gasteiger partial charge in [0.25, 0.3) is 0 Å². The maximum absolute atomic E-state index is 12.1. The Morgan fingerprint density at radius 3 is 1.67 bits per heavy atom. The molecule has 0 spiro atoms. The lowest BCUT2D eigenvalue weighted by Gasteiger charge is -2.23. The van der Waals surface area contributed by atoms with Gasteiger partial charge in [0.15, 0.2) is 0 Å². The van der Waals surface area contributed by atoms with Gasteiger partial charge in [0.1, 0.15) is 18.1 Å². The second-order valence-electron chi connectivity index (χ2n) is 5.96. The smallest absolute Gasteiger partial charge is 0.326 e. The van der Waals surface area contributed by atoms with Gasteiger partial charge in [0, 0.05) is 0 Å². The van der Waals surface area contributed by atoms with Gasteiger partial charge in [-0.25, -0.2) is 4.79 Å². The molecule has 0 aromatic heterocycles. The van der Waals surface area contributed by atoms with Gasteiger partial charge in [0.2, 0.25) is 17.7 Å². The van der Waals surface area contributed by atoms with Crippen molar-refractivity contribution in [2.24, 2.45) is 11.7 Å². The third-order valence-corrected chi connectivity index (χ3v) is 3.69. The van der Waals surface area contributed by atoms with E-state index in [0.29, 0.717) is 6.42 Å². The minimum absolute atomic E-state index is 0.251. The molecule has 5 unspecified atom stereocenters. The first-order chi connectivity index (χ1) is 11.0. The van der Waals surface area contributed by atoms with Crippen molar-refractivity contribution in [2.75, 3.05) is 0 Å². The van der Waals surface area contributed by atoms with E-state index in [9.17, 15) is 19.2 Å². The fourth-order valence-corrected chi connectivity index (χ4v) is 1.78. The number of nitrogens with one attached hydrogen (secondary N) is 3. The molecular weight excluding hydrogens is 316 g/mol. The molecule has 0 aromatic carbocycles. The van der Waals surface area contributed by atoms with Crippen molar-refractivity contribution in [2.45, 2.75) is 65.2 Å². The summed E-state index contributed by atoms with van der Waals surface area (Å²) in [5.41, 5.74) is 5.39. The van der Waals surface area contributed by atoms with Crippen LogP contribution in [0.25, 0.3) is 0 Å². The molecule has 0 bridgehead atoms. The molecule has 9 heteroatoms. The molecule has 0 saturated carbocycles. The van der Waals surface area contributed by atoms with Crippen LogP contribution in [-0.4, -0.2) is 53.0 Å². The zero-order valence-corrected chi connectivity index (χ0v) is 14.8. The largest absolute Gasteiger partial charge is 0.480 e. The molecule has 0 fully saturated rings. The lowest BCUT2D eigenvalue weighted by atomic mass is 9.99. The number of aliphatic carboxylic acids is 1. The van der Waals surface area contributed by atoms with E-state index in [2.05, 4.69) is 16.0 Å². The Morgan fingerprint density at radius 2 is 1.29 bits per heavy atom. The van der Waals surface area contributed by atoms with Crippen LogP contribution in [0.2, 0.25) is 0 Å². The van der Waals surface area contributed by atoms with Crippen molar-refractivity contribution in [1.29, 1.82) is 0 Å². The highest BCUT2D eigenvalue weighted by Gasteiger charge is 2.28. The molecule has 6 N–H and O–H groups in total.